The summed E-state index contributed by atoms with van der Waals surface area (Å²) in [6.45, 7) is 0.381. The van der Waals surface area contributed by atoms with E-state index < -0.39 is 0 Å². The second-order valence-corrected chi connectivity index (χ2v) is 6.04. The van der Waals surface area contributed by atoms with Crippen LogP contribution >= 0.6 is 0 Å². The van der Waals surface area contributed by atoms with Crippen molar-refractivity contribution in [3.05, 3.63) is 59.2 Å². The van der Waals surface area contributed by atoms with Crippen molar-refractivity contribution in [3.63, 3.8) is 0 Å². The van der Waals surface area contributed by atoms with Gasteiger partial charge in [0.15, 0.2) is 0 Å². The molecule has 2 N–H and O–H groups in total. The van der Waals surface area contributed by atoms with Gasteiger partial charge >= 0.3 is 5.97 Å². The number of carbonyl (C=O) groups excluding carboxylic acids is 1. The molecule has 3 heteroatoms. The summed E-state index contributed by atoms with van der Waals surface area (Å²) in [5.41, 5.74) is 11.4. The quantitative estimate of drug-likeness (QED) is 0.858. The highest BCUT2D eigenvalue weighted by Gasteiger charge is 2.34. The zero-order valence-electron chi connectivity index (χ0n) is 11.8. The average molecular weight is 279 g/mol. The Morgan fingerprint density at radius 2 is 1.71 bits per heavy atom. The van der Waals surface area contributed by atoms with Crippen LogP contribution in [0.25, 0.3) is 11.1 Å². The molecule has 0 spiro atoms. The van der Waals surface area contributed by atoms with Gasteiger partial charge in [0.2, 0.25) is 0 Å². The predicted molar refractivity (Wildman–Crippen MR) is 80.7 cm³/mol. The third kappa shape index (κ3) is 1.96. The molecule has 21 heavy (non-hydrogen) atoms. The van der Waals surface area contributed by atoms with Crippen LogP contribution in [-0.2, 0) is 16.9 Å². The van der Waals surface area contributed by atoms with Gasteiger partial charge in [0.1, 0.15) is 6.61 Å². The highest BCUT2D eigenvalue weighted by atomic mass is 16.5. The molecule has 0 bridgehead atoms. The summed E-state index contributed by atoms with van der Waals surface area (Å²) in [7, 11) is 0. The minimum absolute atomic E-state index is 0.114. The van der Waals surface area contributed by atoms with E-state index in [9.17, 15) is 4.79 Å². The first kappa shape index (κ1) is 12.6. The van der Waals surface area contributed by atoms with Crippen molar-refractivity contribution in [2.75, 3.05) is 0 Å². The van der Waals surface area contributed by atoms with Crippen molar-refractivity contribution >= 4 is 5.97 Å². The van der Waals surface area contributed by atoms with Crippen LogP contribution in [-0.4, -0.2) is 5.97 Å². The van der Waals surface area contributed by atoms with E-state index in [2.05, 4.69) is 24.3 Å². The lowest BCUT2D eigenvalue weighted by molar-refractivity contribution is 0.0535. The van der Waals surface area contributed by atoms with Crippen LogP contribution in [0, 0.1) is 0 Å². The molecule has 0 aromatic heterocycles. The molecule has 2 aliphatic rings. The van der Waals surface area contributed by atoms with Gasteiger partial charge in [-0.05, 0) is 48.1 Å². The molecule has 1 heterocycles. The van der Waals surface area contributed by atoms with Gasteiger partial charge in [-0.25, -0.2) is 4.79 Å². The van der Waals surface area contributed by atoms with Crippen molar-refractivity contribution in [2.45, 2.75) is 31.4 Å². The Kier molecular flexibility index (Phi) is 2.66. The molecule has 0 amide bonds. The fraction of sp³-hybridized carbons (Fsp3) is 0.278. The third-order valence-corrected chi connectivity index (χ3v) is 4.72. The van der Waals surface area contributed by atoms with Crippen LogP contribution in [0.15, 0.2) is 42.5 Å². The highest BCUT2D eigenvalue weighted by Crippen LogP contribution is 2.39. The predicted octanol–water partition coefficient (Wildman–Crippen LogP) is 3.36. The van der Waals surface area contributed by atoms with Crippen molar-refractivity contribution < 1.29 is 9.53 Å². The molecule has 0 atom stereocenters. The fourth-order valence-electron chi connectivity index (χ4n) is 3.15. The number of fused-ring (bicyclic) bond motifs is 1. The van der Waals surface area contributed by atoms with Crippen LogP contribution < -0.4 is 5.73 Å². The second-order valence-electron chi connectivity index (χ2n) is 6.04. The summed E-state index contributed by atoms with van der Waals surface area (Å²) >= 11 is 0. The fourth-order valence-corrected chi connectivity index (χ4v) is 3.15. The SMILES string of the molecule is NC1(c2ccc(-c3ccc4c(c3)COC4=O)cc2)CCC1. The van der Waals surface area contributed by atoms with E-state index in [-0.39, 0.29) is 11.5 Å². The summed E-state index contributed by atoms with van der Waals surface area (Å²) in [5, 5.41) is 0. The number of ether oxygens (including phenoxy) is 1. The number of nitrogens with two attached hydrogens (primary N) is 1. The lowest BCUT2D eigenvalue weighted by atomic mass is 9.72. The molecule has 2 aromatic carbocycles. The Balaban J connectivity index is 1.66. The first-order valence-electron chi connectivity index (χ1n) is 7.36. The minimum Gasteiger partial charge on any atom is -0.457 e. The summed E-state index contributed by atoms with van der Waals surface area (Å²) in [4.78, 5) is 11.5. The van der Waals surface area contributed by atoms with Crippen LogP contribution in [0.3, 0.4) is 0 Å². The van der Waals surface area contributed by atoms with Crippen molar-refractivity contribution in [2.24, 2.45) is 5.73 Å². The van der Waals surface area contributed by atoms with Crippen LogP contribution in [0.5, 0.6) is 0 Å². The zero-order valence-corrected chi connectivity index (χ0v) is 11.8. The smallest absolute Gasteiger partial charge is 0.338 e. The first-order chi connectivity index (χ1) is 10.2. The Morgan fingerprint density at radius 3 is 2.38 bits per heavy atom. The molecule has 2 aromatic rings. The molecular weight excluding hydrogens is 262 g/mol. The van der Waals surface area contributed by atoms with Crippen LogP contribution in [0.4, 0.5) is 0 Å². The van der Waals surface area contributed by atoms with Gasteiger partial charge in [-0.2, -0.15) is 0 Å². The van der Waals surface area contributed by atoms with Gasteiger partial charge in [0.25, 0.3) is 0 Å². The molecule has 4 rings (SSSR count). The Labute approximate surface area is 123 Å². The number of hydrogen-bond donors (Lipinski definition) is 1. The summed E-state index contributed by atoms with van der Waals surface area (Å²) in [6.07, 6.45) is 3.37. The number of carbonyl (C=O) groups is 1. The molecule has 1 aliphatic heterocycles. The summed E-state index contributed by atoms with van der Waals surface area (Å²) in [6, 6.07) is 14.3. The van der Waals surface area contributed by atoms with Crippen LogP contribution in [0.2, 0.25) is 0 Å². The summed E-state index contributed by atoms with van der Waals surface area (Å²) in [5.74, 6) is -0.220. The Bertz CT molecular complexity index is 714. The lowest BCUT2D eigenvalue weighted by Crippen LogP contribution is -2.43. The normalized spacial score (nSPS) is 18.8. The number of cyclic esters (lactones) is 1. The van der Waals surface area contributed by atoms with Gasteiger partial charge in [0, 0.05) is 11.1 Å². The Morgan fingerprint density at radius 1 is 1.00 bits per heavy atom. The molecule has 0 radical (unpaired) electrons. The van der Waals surface area contributed by atoms with Gasteiger partial charge in [0.05, 0.1) is 5.56 Å². The number of benzene rings is 2. The number of esters is 1. The van der Waals surface area contributed by atoms with Gasteiger partial charge < -0.3 is 10.5 Å². The molecular formula is C18H17NO2. The van der Waals surface area contributed by atoms with E-state index >= 15 is 0 Å². The van der Waals surface area contributed by atoms with E-state index in [1.54, 1.807) is 0 Å². The van der Waals surface area contributed by atoms with Crippen molar-refractivity contribution in [1.29, 1.82) is 0 Å². The van der Waals surface area contributed by atoms with Gasteiger partial charge in [-0.3, -0.25) is 0 Å². The third-order valence-electron chi connectivity index (χ3n) is 4.72. The molecule has 1 saturated carbocycles. The maximum absolute atomic E-state index is 11.5. The van der Waals surface area contributed by atoms with E-state index in [4.69, 9.17) is 10.5 Å². The highest BCUT2D eigenvalue weighted by molar-refractivity contribution is 5.94. The van der Waals surface area contributed by atoms with Crippen molar-refractivity contribution in [1.82, 2.24) is 0 Å². The largest absolute Gasteiger partial charge is 0.457 e. The molecule has 3 nitrogen and oxygen atoms in total. The van der Waals surface area contributed by atoms with Gasteiger partial charge in [-0.1, -0.05) is 30.3 Å². The molecule has 1 aliphatic carbocycles. The lowest BCUT2D eigenvalue weighted by Gasteiger charge is -2.38. The van der Waals surface area contributed by atoms with Gasteiger partial charge in [-0.15, -0.1) is 0 Å². The average Bonchev–Trinajstić information content (AvgIpc) is 2.86. The maximum Gasteiger partial charge on any atom is 0.338 e. The van der Waals surface area contributed by atoms with E-state index in [1.807, 2.05) is 18.2 Å². The maximum atomic E-state index is 11.5. The van der Waals surface area contributed by atoms with Crippen molar-refractivity contribution in [3.8, 4) is 11.1 Å². The summed E-state index contributed by atoms with van der Waals surface area (Å²) < 4.78 is 5.04. The monoisotopic (exact) mass is 279 g/mol. The number of hydrogen-bond acceptors (Lipinski definition) is 3. The molecule has 1 fully saturated rings. The van der Waals surface area contributed by atoms with E-state index in [1.165, 1.54) is 12.0 Å². The molecule has 106 valence electrons. The molecule has 0 unspecified atom stereocenters. The zero-order chi connectivity index (χ0) is 14.4. The van der Waals surface area contributed by atoms with Crippen LogP contribution in [0.1, 0.15) is 40.7 Å². The van der Waals surface area contributed by atoms with E-state index in [0.29, 0.717) is 12.2 Å². The van der Waals surface area contributed by atoms with E-state index in [0.717, 1.165) is 29.5 Å². The first-order valence-corrected chi connectivity index (χ1v) is 7.36. The topological polar surface area (TPSA) is 52.3 Å². The Hall–Kier alpha value is -2.13. The standard InChI is InChI=1S/C18H17NO2/c19-18(8-1-9-18)15-5-2-12(3-6-15)13-4-7-16-14(10-13)11-21-17(16)20/h2-7,10H,1,8-9,11,19H2. The minimum atomic E-state index is -0.220. The molecule has 0 saturated heterocycles. The number of rotatable bonds is 2. The second kappa shape index (κ2) is 4.43.